The number of guanidine groups is 1. The van der Waals surface area contributed by atoms with Crippen molar-refractivity contribution < 1.29 is 0 Å². The molecular weight excluding hydrogens is 483 g/mol. The number of hydrogen-bond acceptors (Lipinski definition) is 5. The van der Waals surface area contributed by atoms with Gasteiger partial charge in [-0.3, -0.25) is 4.90 Å². The zero-order valence-electron chi connectivity index (χ0n) is 16.8. The molecule has 0 unspecified atom stereocenters. The second-order valence-electron chi connectivity index (χ2n) is 6.74. The number of halogens is 1. The van der Waals surface area contributed by atoms with E-state index in [9.17, 15) is 0 Å². The molecule has 2 heterocycles. The molecule has 2 N–H and O–H groups in total. The topological polar surface area (TPSA) is 61.0 Å². The largest absolute Gasteiger partial charge is 0.370 e. The standard InChI is InChI=1S/C20H30N6S.HI/c1-3-24(4-2)16-18-7-5-17(6-8-18)15-23-19(21)25-10-12-26(13-11-25)20-22-9-14-27-20;/h5-9,14H,3-4,10-13,15-16H2,1-2H3,(H2,21,23);1H. The smallest absolute Gasteiger partial charge is 0.191 e. The number of hydrogen-bond donors (Lipinski definition) is 1. The minimum Gasteiger partial charge on any atom is -0.370 e. The summed E-state index contributed by atoms with van der Waals surface area (Å²) >= 11 is 1.69. The van der Waals surface area contributed by atoms with Crippen LogP contribution in [0.1, 0.15) is 25.0 Å². The molecule has 3 rings (SSSR count). The Hall–Kier alpha value is -1.39. The molecule has 1 aliphatic heterocycles. The zero-order valence-corrected chi connectivity index (χ0v) is 19.9. The summed E-state index contributed by atoms with van der Waals surface area (Å²) in [6.45, 7) is 11.8. The van der Waals surface area contributed by atoms with Crippen LogP contribution in [0.2, 0.25) is 0 Å². The quantitative estimate of drug-likeness (QED) is 0.349. The highest BCUT2D eigenvalue weighted by atomic mass is 127. The van der Waals surface area contributed by atoms with Gasteiger partial charge in [0.1, 0.15) is 0 Å². The molecule has 1 fully saturated rings. The Morgan fingerprint density at radius 1 is 1.11 bits per heavy atom. The van der Waals surface area contributed by atoms with Crippen LogP contribution in [0.15, 0.2) is 40.8 Å². The van der Waals surface area contributed by atoms with Crippen molar-refractivity contribution in [2.45, 2.75) is 26.9 Å². The molecule has 6 nitrogen and oxygen atoms in total. The van der Waals surface area contributed by atoms with Crippen molar-refractivity contribution in [2.24, 2.45) is 10.7 Å². The summed E-state index contributed by atoms with van der Waals surface area (Å²) in [6.07, 6.45) is 1.86. The molecule has 0 spiro atoms. The molecule has 0 atom stereocenters. The van der Waals surface area contributed by atoms with Crippen LogP contribution in [-0.4, -0.2) is 60.0 Å². The third kappa shape index (κ3) is 6.31. The fourth-order valence-corrected chi connectivity index (χ4v) is 3.92. The van der Waals surface area contributed by atoms with E-state index >= 15 is 0 Å². The molecule has 1 aromatic heterocycles. The summed E-state index contributed by atoms with van der Waals surface area (Å²) < 4.78 is 0. The van der Waals surface area contributed by atoms with Gasteiger partial charge in [-0.1, -0.05) is 38.1 Å². The minimum absolute atomic E-state index is 0. The van der Waals surface area contributed by atoms with E-state index in [0.29, 0.717) is 12.5 Å². The molecule has 1 aromatic carbocycles. The first kappa shape index (κ1) is 22.9. The molecule has 0 saturated carbocycles. The Bertz CT molecular complexity index is 707. The van der Waals surface area contributed by atoms with Crippen molar-refractivity contribution in [1.82, 2.24) is 14.8 Å². The zero-order chi connectivity index (χ0) is 19.1. The Morgan fingerprint density at radius 3 is 2.32 bits per heavy atom. The molecule has 0 amide bonds. The summed E-state index contributed by atoms with van der Waals surface area (Å²) in [5.74, 6) is 0.640. The van der Waals surface area contributed by atoms with Crippen molar-refractivity contribution in [3.8, 4) is 0 Å². The number of nitrogens with two attached hydrogens (primary N) is 1. The maximum absolute atomic E-state index is 6.23. The van der Waals surface area contributed by atoms with Gasteiger partial charge < -0.3 is 15.5 Å². The van der Waals surface area contributed by atoms with Gasteiger partial charge >= 0.3 is 0 Å². The van der Waals surface area contributed by atoms with Crippen molar-refractivity contribution in [3.05, 3.63) is 47.0 Å². The molecule has 8 heteroatoms. The molecule has 1 aliphatic rings. The maximum atomic E-state index is 6.23. The van der Waals surface area contributed by atoms with Crippen LogP contribution < -0.4 is 10.6 Å². The van der Waals surface area contributed by atoms with Crippen molar-refractivity contribution >= 4 is 46.4 Å². The van der Waals surface area contributed by atoms with Crippen molar-refractivity contribution in [1.29, 1.82) is 0 Å². The van der Waals surface area contributed by atoms with Crippen LogP contribution in [0.3, 0.4) is 0 Å². The fourth-order valence-electron chi connectivity index (χ4n) is 3.23. The molecule has 0 bridgehead atoms. The van der Waals surface area contributed by atoms with E-state index in [1.54, 1.807) is 11.3 Å². The number of nitrogens with zero attached hydrogens (tertiary/aromatic N) is 5. The molecule has 28 heavy (non-hydrogen) atoms. The highest BCUT2D eigenvalue weighted by molar-refractivity contribution is 14.0. The van der Waals surface area contributed by atoms with Crippen LogP contribution in [-0.2, 0) is 13.1 Å². The number of rotatable bonds is 7. The lowest BCUT2D eigenvalue weighted by molar-refractivity contribution is 0.296. The van der Waals surface area contributed by atoms with Gasteiger partial charge in [-0.05, 0) is 24.2 Å². The van der Waals surface area contributed by atoms with Gasteiger partial charge in [-0.15, -0.1) is 35.3 Å². The lowest BCUT2D eigenvalue weighted by Crippen LogP contribution is -2.51. The number of anilines is 1. The predicted octanol–water partition coefficient (Wildman–Crippen LogP) is 3.24. The lowest BCUT2D eigenvalue weighted by atomic mass is 10.1. The van der Waals surface area contributed by atoms with E-state index in [0.717, 1.165) is 50.9 Å². The third-order valence-corrected chi connectivity index (χ3v) is 5.87. The van der Waals surface area contributed by atoms with Crippen molar-refractivity contribution in [2.75, 3.05) is 44.2 Å². The monoisotopic (exact) mass is 514 g/mol. The summed E-state index contributed by atoms with van der Waals surface area (Å²) in [5.41, 5.74) is 8.77. The molecule has 1 saturated heterocycles. The van der Waals surface area contributed by atoms with Gasteiger partial charge in [0.05, 0.1) is 6.54 Å². The molecule has 154 valence electrons. The van der Waals surface area contributed by atoms with Gasteiger partial charge in [-0.2, -0.15) is 0 Å². The van der Waals surface area contributed by atoms with Crippen LogP contribution >= 0.6 is 35.3 Å². The fraction of sp³-hybridized carbons (Fsp3) is 0.500. The second kappa shape index (κ2) is 11.6. The SMILES string of the molecule is CCN(CC)Cc1ccc(CN=C(N)N2CCN(c3nccs3)CC2)cc1.I. The summed E-state index contributed by atoms with van der Waals surface area (Å²) in [5, 5.41) is 3.11. The first-order chi connectivity index (χ1) is 13.2. The number of aliphatic imine (C=N–C) groups is 1. The first-order valence-corrected chi connectivity index (χ1v) is 10.6. The Labute approximate surface area is 189 Å². The van der Waals surface area contributed by atoms with Crippen LogP contribution in [0.4, 0.5) is 5.13 Å². The third-order valence-electron chi connectivity index (χ3n) is 5.04. The van der Waals surface area contributed by atoms with Gasteiger partial charge in [-0.25, -0.2) is 9.98 Å². The van der Waals surface area contributed by atoms with E-state index in [2.05, 4.69) is 62.8 Å². The number of thiazole rings is 1. The Kier molecular flexibility index (Phi) is 9.46. The van der Waals surface area contributed by atoms with Gasteiger partial charge in [0, 0.05) is 44.3 Å². The normalized spacial score (nSPS) is 15.0. The predicted molar refractivity (Wildman–Crippen MR) is 130 cm³/mol. The van der Waals surface area contributed by atoms with E-state index in [1.165, 1.54) is 11.1 Å². The average Bonchev–Trinajstić information content (AvgIpc) is 3.26. The molecular formula is C20H31IN6S. The van der Waals surface area contributed by atoms with Gasteiger partial charge in [0.2, 0.25) is 0 Å². The second-order valence-corrected chi connectivity index (χ2v) is 7.61. The van der Waals surface area contributed by atoms with Crippen LogP contribution in [0.5, 0.6) is 0 Å². The molecule has 0 radical (unpaired) electrons. The van der Waals surface area contributed by atoms with E-state index in [4.69, 9.17) is 5.73 Å². The number of piperazine rings is 1. The first-order valence-electron chi connectivity index (χ1n) is 9.69. The van der Waals surface area contributed by atoms with E-state index < -0.39 is 0 Å². The highest BCUT2D eigenvalue weighted by Crippen LogP contribution is 2.18. The van der Waals surface area contributed by atoms with E-state index in [-0.39, 0.29) is 24.0 Å². The molecule has 0 aliphatic carbocycles. The number of benzene rings is 1. The lowest BCUT2D eigenvalue weighted by Gasteiger charge is -2.35. The van der Waals surface area contributed by atoms with Gasteiger partial charge in [0.25, 0.3) is 0 Å². The van der Waals surface area contributed by atoms with Crippen LogP contribution in [0, 0.1) is 0 Å². The van der Waals surface area contributed by atoms with Crippen molar-refractivity contribution in [3.63, 3.8) is 0 Å². The average molecular weight is 514 g/mol. The molecule has 2 aromatic rings. The maximum Gasteiger partial charge on any atom is 0.191 e. The number of aromatic nitrogens is 1. The van der Waals surface area contributed by atoms with E-state index in [1.807, 2.05) is 11.6 Å². The van der Waals surface area contributed by atoms with Crippen LogP contribution in [0.25, 0.3) is 0 Å². The summed E-state index contributed by atoms with van der Waals surface area (Å²) in [4.78, 5) is 15.9. The summed E-state index contributed by atoms with van der Waals surface area (Å²) in [7, 11) is 0. The highest BCUT2D eigenvalue weighted by Gasteiger charge is 2.19. The summed E-state index contributed by atoms with van der Waals surface area (Å²) in [6, 6.07) is 8.73. The van der Waals surface area contributed by atoms with Gasteiger partial charge in [0.15, 0.2) is 11.1 Å². The Morgan fingerprint density at radius 2 is 1.75 bits per heavy atom. The Balaban J connectivity index is 0.00000280. The minimum atomic E-state index is 0.